The molecule has 1 rings (SSSR count). The van der Waals surface area contributed by atoms with E-state index in [0.717, 1.165) is 6.42 Å². The zero-order valence-corrected chi connectivity index (χ0v) is 7.63. The van der Waals surface area contributed by atoms with Crippen molar-refractivity contribution < 1.29 is 26.2 Å². The summed E-state index contributed by atoms with van der Waals surface area (Å²) in [6, 6.07) is 0. The zero-order valence-electron chi connectivity index (χ0n) is 5.17. The first kappa shape index (κ1) is 22.8. The van der Waals surface area contributed by atoms with Crippen LogP contribution in [0, 0.1) is 6.08 Å². The number of nitrogens with two attached hydrogens (primary N) is 3. The summed E-state index contributed by atoms with van der Waals surface area (Å²) in [7, 11) is 0. The molecule has 3 nitrogen and oxygen atoms in total. The summed E-state index contributed by atoms with van der Waals surface area (Å²) in [6.45, 7) is 0. The van der Waals surface area contributed by atoms with Gasteiger partial charge in [-0.2, -0.15) is 6.08 Å². The Labute approximate surface area is 75.5 Å². The molecule has 0 spiro atoms. The maximum atomic E-state index is 2.99. The molecule has 0 unspecified atom stereocenters. The molecule has 0 aromatic carbocycles. The van der Waals surface area contributed by atoms with Crippen molar-refractivity contribution >= 4 is 0 Å². The number of allylic oxidation sites excluding steroid dienone is 4. The Morgan fingerprint density at radius 1 is 1.11 bits per heavy atom. The number of hydrogen-bond donors (Lipinski definition) is 0. The van der Waals surface area contributed by atoms with E-state index >= 15 is 0 Å². The SMILES string of the molecule is [C-]1=CC=CC1.[NH2-].[NH2-].[NH2-].[Zr+4]. The molecule has 0 amide bonds. The first-order valence-corrected chi connectivity index (χ1v) is 1.72. The smallest absolute Gasteiger partial charge is 0.693 e. The maximum absolute atomic E-state index is 2.99. The van der Waals surface area contributed by atoms with E-state index in [2.05, 4.69) is 12.2 Å². The molecule has 0 heterocycles. The minimum absolute atomic E-state index is 0. The van der Waals surface area contributed by atoms with Crippen molar-refractivity contribution in [3.8, 4) is 0 Å². The minimum atomic E-state index is 0. The first-order valence-electron chi connectivity index (χ1n) is 1.72. The Morgan fingerprint density at radius 2 is 1.67 bits per heavy atom. The van der Waals surface area contributed by atoms with Crippen molar-refractivity contribution in [2.75, 3.05) is 0 Å². The van der Waals surface area contributed by atoms with Gasteiger partial charge in [-0.3, -0.25) is 6.08 Å². The van der Waals surface area contributed by atoms with Crippen LogP contribution in [-0.4, -0.2) is 0 Å². The number of rotatable bonds is 0. The van der Waals surface area contributed by atoms with Crippen molar-refractivity contribution in [2.24, 2.45) is 0 Å². The van der Waals surface area contributed by atoms with Gasteiger partial charge in [-0.05, 0) is 0 Å². The molecule has 0 aromatic rings. The van der Waals surface area contributed by atoms with Crippen molar-refractivity contribution in [1.29, 1.82) is 0 Å². The third-order valence-corrected chi connectivity index (χ3v) is 0.586. The molecular weight excluding hydrogens is 193 g/mol. The molecule has 4 heteroatoms. The van der Waals surface area contributed by atoms with Gasteiger partial charge < -0.3 is 18.5 Å². The van der Waals surface area contributed by atoms with Gasteiger partial charge >= 0.3 is 26.2 Å². The molecule has 0 fully saturated rings. The summed E-state index contributed by atoms with van der Waals surface area (Å²) in [5.74, 6) is 0. The van der Waals surface area contributed by atoms with Gasteiger partial charge in [-0.1, -0.05) is 0 Å². The van der Waals surface area contributed by atoms with E-state index < -0.39 is 0 Å². The molecule has 0 saturated heterocycles. The van der Waals surface area contributed by atoms with Crippen molar-refractivity contribution in [2.45, 2.75) is 6.42 Å². The normalized spacial score (nSPS) is 9.78. The van der Waals surface area contributed by atoms with E-state index in [1.165, 1.54) is 0 Å². The Bertz CT molecular complexity index is 70.3. The zero-order chi connectivity index (χ0) is 3.54. The van der Waals surface area contributed by atoms with Crippen LogP contribution in [0.2, 0.25) is 0 Å². The monoisotopic (exact) mass is 203 g/mol. The summed E-state index contributed by atoms with van der Waals surface area (Å²) in [5.41, 5.74) is 0. The molecule has 50 valence electrons. The second-order valence-corrected chi connectivity index (χ2v) is 1.00. The molecule has 9 heavy (non-hydrogen) atoms. The molecule has 0 saturated carbocycles. The van der Waals surface area contributed by atoms with Crippen LogP contribution in [0.4, 0.5) is 0 Å². The fourth-order valence-corrected chi connectivity index (χ4v) is 0.340. The van der Waals surface area contributed by atoms with Crippen molar-refractivity contribution in [3.63, 3.8) is 0 Å². The summed E-state index contributed by atoms with van der Waals surface area (Å²) >= 11 is 0. The van der Waals surface area contributed by atoms with Gasteiger partial charge in [0.05, 0.1) is 0 Å². The van der Waals surface area contributed by atoms with Crippen LogP contribution in [0.25, 0.3) is 18.5 Å². The average molecular weight is 204 g/mol. The van der Waals surface area contributed by atoms with E-state index in [1.807, 2.05) is 12.2 Å². The van der Waals surface area contributed by atoms with Crippen LogP contribution in [0.5, 0.6) is 0 Å². The van der Waals surface area contributed by atoms with Gasteiger partial charge in [0, 0.05) is 0 Å². The van der Waals surface area contributed by atoms with E-state index in [4.69, 9.17) is 0 Å². The third kappa shape index (κ3) is 11.7. The van der Waals surface area contributed by atoms with Crippen LogP contribution in [0.3, 0.4) is 0 Å². The topological polar surface area (TPSA) is 100 Å². The second kappa shape index (κ2) is 15.7. The predicted octanol–water partition coefficient (Wildman–Crippen LogP) is 3.45. The summed E-state index contributed by atoms with van der Waals surface area (Å²) < 4.78 is 0. The summed E-state index contributed by atoms with van der Waals surface area (Å²) in [4.78, 5) is 0. The Balaban J connectivity index is -0.0000000312. The molecule has 1 aliphatic rings. The standard InChI is InChI=1S/C5H5.3H2N.Zr/c1-2-4-5-3-1;;;;/h1-3H,4H2;3*1H2;/q4*-1;+4. The van der Waals surface area contributed by atoms with Crippen LogP contribution in [-0.2, 0) is 26.2 Å². The molecule has 0 radical (unpaired) electrons. The quantitative estimate of drug-likeness (QED) is 0.540. The van der Waals surface area contributed by atoms with E-state index in [0.29, 0.717) is 0 Å². The van der Waals surface area contributed by atoms with Gasteiger partial charge in [-0.25, -0.2) is 12.2 Å². The van der Waals surface area contributed by atoms with Gasteiger partial charge in [0.1, 0.15) is 0 Å². The molecule has 0 bridgehead atoms. The summed E-state index contributed by atoms with van der Waals surface area (Å²) in [5, 5.41) is 0. The molecule has 0 atom stereocenters. The second-order valence-electron chi connectivity index (χ2n) is 1.00. The van der Waals surface area contributed by atoms with Crippen molar-refractivity contribution in [3.05, 3.63) is 42.8 Å². The van der Waals surface area contributed by atoms with Crippen LogP contribution < -0.4 is 0 Å². The van der Waals surface area contributed by atoms with Crippen LogP contribution in [0.1, 0.15) is 6.42 Å². The van der Waals surface area contributed by atoms with Gasteiger partial charge in [0.25, 0.3) is 0 Å². The molecule has 0 aromatic heterocycles. The van der Waals surface area contributed by atoms with Crippen LogP contribution in [0.15, 0.2) is 18.2 Å². The Hall–Kier alpha value is 0.243. The van der Waals surface area contributed by atoms with E-state index in [9.17, 15) is 0 Å². The van der Waals surface area contributed by atoms with Gasteiger partial charge in [0.15, 0.2) is 0 Å². The Kier molecular flexibility index (Phi) is 39.9. The first-order chi connectivity index (χ1) is 2.50. The van der Waals surface area contributed by atoms with Crippen molar-refractivity contribution in [1.82, 2.24) is 0 Å². The van der Waals surface area contributed by atoms with E-state index in [1.54, 1.807) is 0 Å². The molecular formula is C5H11N3Zr. The fraction of sp³-hybridized carbons (Fsp3) is 0.200. The largest absolute Gasteiger partial charge is 4.00 e. The maximum Gasteiger partial charge on any atom is 4.00 e. The predicted molar refractivity (Wildman–Crippen MR) is 37.4 cm³/mol. The van der Waals surface area contributed by atoms with Gasteiger partial charge in [-0.15, -0.1) is 6.42 Å². The average Bonchev–Trinajstić information content (AvgIpc) is 1.76. The fourth-order valence-electron chi connectivity index (χ4n) is 0.340. The Morgan fingerprint density at radius 3 is 1.78 bits per heavy atom. The summed E-state index contributed by atoms with van der Waals surface area (Å²) in [6.07, 6.45) is 10.0. The van der Waals surface area contributed by atoms with Gasteiger partial charge in [0.2, 0.25) is 0 Å². The molecule has 1 aliphatic carbocycles. The number of hydrogen-bond acceptors (Lipinski definition) is 0. The molecule has 6 N–H and O–H groups in total. The van der Waals surface area contributed by atoms with Crippen LogP contribution >= 0.6 is 0 Å². The minimum Gasteiger partial charge on any atom is -0.693 e. The third-order valence-electron chi connectivity index (χ3n) is 0.586. The van der Waals surface area contributed by atoms with E-state index in [-0.39, 0.29) is 44.7 Å². The molecule has 0 aliphatic heterocycles.